The lowest BCUT2D eigenvalue weighted by Gasteiger charge is -2.04. The van der Waals surface area contributed by atoms with Crippen LogP contribution in [0.1, 0.15) is 10.4 Å². The zero-order valence-electron chi connectivity index (χ0n) is 6.67. The largest absolute Gasteiger partial charge is 0.506 e. The molecule has 0 aliphatic carbocycles. The summed E-state index contributed by atoms with van der Waals surface area (Å²) in [6.07, 6.45) is 0. The summed E-state index contributed by atoms with van der Waals surface area (Å²) in [7, 11) is 1.26. The summed E-state index contributed by atoms with van der Waals surface area (Å²) in [6, 6.07) is 2.68. The van der Waals surface area contributed by atoms with Gasteiger partial charge in [-0.1, -0.05) is 11.6 Å². The Bertz CT molecular complexity index is 351. The van der Waals surface area contributed by atoms with E-state index in [0.717, 1.165) is 0 Å². The SMILES string of the molecule is COC(=O)c1cc(O)c(Cl)cc1Br. The van der Waals surface area contributed by atoms with Gasteiger partial charge in [-0.2, -0.15) is 0 Å². The molecule has 0 bridgehead atoms. The van der Waals surface area contributed by atoms with Crippen LogP contribution in [0.4, 0.5) is 0 Å². The number of carbonyl (C=O) groups excluding carboxylic acids is 1. The van der Waals surface area contributed by atoms with Gasteiger partial charge in [0.25, 0.3) is 0 Å². The molecular formula is C8H6BrClO3. The van der Waals surface area contributed by atoms with E-state index in [-0.39, 0.29) is 16.3 Å². The maximum Gasteiger partial charge on any atom is 0.339 e. The van der Waals surface area contributed by atoms with Crippen molar-refractivity contribution in [2.75, 3.05) is 7.11 Å². The number of phenolic OH excluding ortho intramolecular Hbond substituents is 1. The first kappa shape index (κ1) is 10.3. The maximum atomic E-state index is 11.1. The Labute approximate surface area is 88.4 Å². The van der Waals surface area contributed by atoms with Crippen LogP contribution in [0, 0.1) is 0 Å². The molecule has 0 spiro atoms. The molecule has 0 unspecified atom stereocenters. The van der Waals surface area contributed by atoms with E-state index in [1.807, 2.05) is 0 Å². The van der Waals surface area contributed by atoms with E-state index >= 15 is 0 Å². The molecule has 1 N–H and O–H groups in total. The Morgan fingerprint density at radius 1 is 1.62 bits per heavy atom. The van der Waals surface area contributed by atoms with Gasteiger partial charge < -0.3 is 9.84 Å². The standard InChI is InChI=1S/C8H6BrClO3/c1-13-8(12)4-2-7(11)6(10)3-5(4)9/h2-3,11H,1H3. The molecular weight excluding hydrogens is 259 g/mol. The Kier molecular flexibility index (Phi) is 3.17. The van der Waals surface area contributed by atoms with Crippen molar-refractivity contribution in [3.63, 3.8) is 0 Å². The summed E-state index contributed by atoms with van der Waals surface area (Å²) < 4.78 is 4.98. The molecule has 0 aliphatic rings. The normalized spacial score (nSPS) is 9.77. The molecule has 0 aliphatic heterocycles. The number of methoxy groups -OCH3 is 1. The lowest BCUT2D eigenvalue weighted by atomic mass is 10.2. The van der Waals surface area contributed by atoms with Crippen LogP contribution in [0.15, 0.2) is 16.6 Å². The minimum absolute atomic E-state index is 0.148. The predicted molar refractivity (Wildman–Crippen MR) is 52.2 cm³/mol. The van der Waals surface area contributed by atoms with E-state index in [2.05, 4.69) is 20.7 Å². The van der Waals surface area contributed by atoms with Crippen LogP contribution in [0.25, 0.3) is 0 Å². The molecule has 70 valence electrons. The average molecular weight is 265 g/mol. The second-order valence-electron chi connectivity index (χ2n) is 2.28. The topological polar surface area (TPSA) is 46.5 Å². The van der Waals surface area contributed by atoms with Gasteiger partial charge >= 0.3 is 5.97 Å². The molecule has 0 saturated heterocycles. The number of hydrogen-bond donors (Lipinski definition) is 1. The fraction of sp³-hybridized carbons (Fsp3) is 0.125. The Morgan fingerprint density at radius 3 is 2.77 bits per heavy atom. The molecule has 0 fully saturated rings. The summed E-state index contributed by atoms with van der Waals surface area (Å²) >= 11 is 8.73. The molecule has 1 aromatic carbocycles. The summed E-state index contributed by atoms with van der Waals surface area (Å²) in [5, 5.41) is 9.39. The minimum Gasteiger partial charge on any atom is -0.506 e. The van der Waals surface area contributed by atoms with E-state index in [4.69, 9.17) is 11.6 Å². The van der Waals surface area contributed by atoms with Gasteiger partial charge in [-0.25, -0.2) is 4.79 Å². The molecule has 0 atom stereocenters. The molecule has 13 heavy (non-hydrogen) atoms. The van der Waals surface area contributed by atoms with Crippen LogP contribution >= 0.6 is 27.5 Å². The molecule has 5 heteroatoms. The Hall–Kier alpha value is -0.740. The van der Waals surface area contributed by atoms with Crippen molar-refractivity contribution in [1.29, 1.82) is 0 Å². The third-order valence-corrected chi connectivity index (χ3v) is 2.40. The van der Waals surface area contributed by atoms with Gasteiger partial charge in [0.1, 0.15) is 5.75 Å². The second kappa shape index (κ2) is 3.98. The molecule has 0 heterocycles. The van der Waals surface area contributed by atoms with Gasteiger partial charge in [-0.05, 0) is 28.1 Å². The maximum absolute atomic E-state index is 11.1. The summed E-state index contributed by atoms with van der Waals surface area (Å²) in [6.45, 7) is 0. The van der Waals surface area contributed by atoms with Crippen LogP contribution in [0.5, 0.6) is 5.75 Å². The highest BCUT2D eigenvalue weighted by Gasteiger charge is 2.13. The number of benzene rings is 1. The molecule has 0 saturated carbocycles. The first-order valence-corrected chi connectivity index (χ1v) is 4.49. The highest BCUT2D eigenvalue weighted by molar-refractivity contribution is 9.10. The van der Waals surface area contributed by atoms with E-state index in [9.17, 15) is 9.90 Å². The van der Waals surface area contributed by atoms with Gasteiger partial charge in [0.2, 0.25) is 0 Å². The van der Waals surface area contributed by atoms with E-state index in [0.29, 0.717) is 4.47 Å². The van der Waals surface area contributed by atoms with Crippen LogP contribution in [0.3, 0.4) is 0 Å². The lowest BCUT2D eigenvalue weighted by molar-refractivity contribution is 0.0599. The van der Waals surface area contributed by atoms with Crippen LogP contribution < -0.4 is 0 Å². The molecule has 0 aromatic heterocycles. The lowest BCUT2D eigenvalue weighted by Crippen LogP contribution is -2.01. The van der Waals surface area contributed by atoms with Crippen molar-refractivity contribution in [3.8, 4) is 5.75 Å². The fourth-order valence-corrected chi connectivity index (χ4v) is 1.60. The van der Waals surface area contributed by atoms with Crippen LogP contribution in [0.2, 0.25) is 5.02 Å². The number of ether oxygens (including phenoxy) is 1. The number of rotatable bonds is 1. The van der Waals surface area contributed by atoms with Crippen LogP contribution in [-0.4, -0.2) is 18.2 Å². The molecule has 3 nitrogen and oxygen atoms in total. The van der Waals surface area contributed by atoms with Gasteiger partial charge in [0, 0.05) is 4.47 Å². The fourth-order valence-electron chi connectivity index (χ4n) is 0.804. The Balaban J connectivity index is 3.23. The number of esters is 1. The minimum atomic E-state index is -0.529. The van der Waals surface area contributed by atoms with Gasteiger partial charge in [-0.3, -0.25) is 0 Å². The number of carbonyl (C=O) groups is 1. The van der Waals surface area contributed by atoms with Crippen molar-refractivity contribution in [3.05, 3.63) is 27.2 Å². The van der Waals surface area contributed by atoms with Crippen molar-refractivity contribution < 1.29 is 14.6 Å². The zero-order chi connectivity index (χ0) is 10.0. The highest BCUT2D eigenvalue weighted by Crippen LogP contribution is 2.30. The highest BCUT2D eigenvalue weighted by atomic mass is 79.9. The van der Waals surface area contributed by atoms with Crippen LogP contribution in [-0.2, 0) is 4.74 Å². The predicted octanol–water partition coefficient (Wildman–Crippen LogP) is 2.59. The van der Waals surface area contributed by atoms with E-state index < -0.39 is 5.97 Å². The van der Waals surface area contributed by atoms with Gasteiger partial charge in [0.05, 0.1) is 17.7 Å². The van der Waals surface area contributed by atoms with Gasteiger partial charge in [-0.15, -0.1) is 0 Å². The number of hydrogen-bond acceptors (Lipinski definition) is 3. The quantitative estimate of drug-likeness (QED) is 0.794. The van der Waals surface area contributed by atoms with E-state index in [1.165, 1.54) is 19.2 Å². The van der Waals surface area contributed by atoms with Crippen molar-refractivity contribution in [2.24, 2.45) is 0 Å². The third kappa shape index (κ3) is 2.14. The number of phenols is 1. The first-order valence-electron chi connectivity index (χ1n) is 3.32. The summed E-state index contributed by atoms with van der Waals surface area (Å²) in [5.74, 6) is -0.677. The van der Waals surface area contributed by atoms with E-state index in [1.54, 1.807) is 0 Å². The molecule has 0 amide bonds. The van der Waals surface area contributed by atoms with Crippen molar-refractivity contribution >= 4 is 33.5 Å². The molecule has 1 aromatic rings. The first-order chi connectivity index (χ1) is 6.06. The number of halogens is 2. The van der Waals surface area contributed by atoms with Gasteiger partial charge in [0.15, 0.2) is 0 Å². The van der Waals surface area contributed by atoms with Crippen molar-refractivity contribution in [2.45, 2.75) is 0 Å². The third-order valence-electron chi connectivity index (χ3n) is 1.44. The van der Waals surface area contributed by atoms with Crippen molar-refractivity contribution in [1.82, 2.24) is 0 Å². The summed E-state index contributed by atoms with van der Waals surface area (Å²) in [4.78, 5) is 11.1. The monoisotopic (exact) mass is 264 g/mol. The smallest absolute Gasteiger partial charge is 0.339 e. The molecule has 0 radical (unpaired) electrons. The zero-order valence-corrected chi connectivity index (χ0v) is 9.02. The average Bonchev–Trinajstić information content (AvgIpc) is 2.10. The molecule has 1 rings (SSSR count). The summed E-state index contributed by atoms with van der Waals surface area (Å²) in [5.41, 5.74) is 0.240. The Morgan fingerprint density at radius 2 is 2.23 bits per heavy atom. The number of aromatic hydroxyl groups is 1. The second-order valence-corrected chi connectivity index (χ2v) is 3.54.